The monoisotopic (exact) mass is 562 g/mol. The lowest BCUT2D eigenvalue weighted by molar-refractivity contribution is -0.135. The second kappa shape index (κ2) is 11.5. The molecule has 0 radical (unpaired) electrons. The van der Waals surface area contributed by atoms with Crippen molar-refractivity contribution in [2.75, 3.05) is 39.6 Å². The first kappa shape index (κ1) is 26.7. The van der Waals surface area contributed by atoms with E-state index in [2.05, 4.69) is 24.4 Å². The van der Waals surface area contributed by atoms with Gasteiger partial charge in [0.05, 0.1) is 12.1 Å². The predicted octanol–water partition coefficient (Wildman–Crippen LogP) is 4.92. The van der Waals surface area contributed by atoms with E-state index in [1.165, 1.54) is 10.4 Å². The van der Waals surface area contributed by atoms with Crippen LogP contribution in [0.3, 0.4) is 0 Å². The van der Waals surface area contributed by atoms with Crippen LogP contribution in [-0.2, 0) is 16.0 Å². The first-order chi connectivity index (χ1) is 19.5. The van der Waals surface area contributed by atoms with E-state index >= 15 is 0 Å². The van der Waals surface area contributed by atoms with Gasteiger partial charge in [-0.3, -0.25) is 9.59 Å². The second-order valence-corrected chi connectivity index (χ2v) is 11.6. The maximum Gasteiger partial charge on any atom is 0.254 e. The quantitative estimate of drug-likeness (QED) is 0.388. The van der Waals surface area contributed by atoms with E-state index in [1.807, 2.05) is 24.0 Å². The summed E-state index contributed by atoms with van der Waals surface area (Å²) >= 11 is 1.72. The highest BCUT2D eigenvalue weighted by molar-refractivity contribution is 7.10. The van der Waals surface area contributed by atoms with Gasteiger partial charge in [0.15, 0.2) is 11.5 Å². The van der Waals surface area contributed by atoms with Gasteiger partial charge < -0.3 is 28.7 Å². The number of thiophene rings is 1. The molecule has 2 aromatic carbocycles. The number of hydrogen-bond donors (Lipinski definition) is 0. The van der Waals surface area contributed by atoms with Gasteiger partial charge in [0.2, 0.25) is 12.7 Å². The molecule has 3 aliphatic heterocycles. The number of amides is 2. The van der Waals surface area contributed by atoms with Gasteiger partial charge in [-0.15, -0.1) is 11.3 Å². The van der Waals surface area contributed by atoms with Gasteiger partial charge in [0.25, 0.3) is 5.91 Å². The van der Waals surface area contributed by atoms with E-state index in [1.54, 1.807) is 34.4 Å². The topological polar surface area (TPSA) is 77.5 Å². The van der Waals surface area contributed by atoms with Crippen LogP contribution in [0.15, 0.2) is 47.8 Å². The first-order valence-corrected chi connectivity index (χ1v) is 14.7. The van der Waals surface area contributed by atoms with Crippen molar-refractivity contribution in [3.05, 3.63) is 75.0 Å². The van der Waals surface area contributed by atoms with E-state index in [9.17, 15) is 9.59 Å². The minimum absolute atomic E-state index is 0.0351. The number of carbonyl (C=O) groups is 2. The standard InChI is InChI=1S/C31H34N2O6S/c1-20-5-7-26(21(2)14-20)37-18-25-24-10-13-40-29(24)9-11-33(25)30(34)17-32(16-23-4-3-12-36-23)31(35)22-6-8-27-28(15-22)39-19-38-27/h5-8,10,13-15,23,25H,3-4,9,11-12,16-19H2,1-2H3. The summed E-state index contributed by atoms with van der Waals surface area (Å²) in [6.45, 7) is 6.16. The van der Waals surface area contributed by atoms with Crippen LogP contribution in [0.4, 0.5) is 0 Å². The van der Waals surface area contributed by atoms with E-state index < -0.39 is 0 Å². The summed E-state index contributed by atoms with van der Waals surface area (Å²) in [5, 5.41) is 2.08. The summed E-state index contributed by atoms with van der Waals surface area (Å²) < 4.78 is 23.0. The Morgan fingerprint density at radius 2 is 1.98 bits per heavy atom. The highest BCUT2D eigenvalue weighted by Gasteiger charge is 2.35. The smallest absolute Gasteiger partial charge is 0.254 e. The van der Waals surface area contributed by atoms with E-state index in [0.717, 1.165) is 36.1 Å². The van der Waals surface area contributed by atoms with Crippen LogP contribution >= 0.6 is 11.3 Å². The summed E-state index contributed by atoms with van der Waals surface area (Å²) in [4.78, 5) is 32.5. The highest BCUT2D eigenvalue weighted by atomic mass is 32.1. The van der Waals surface area contributed by atoms with Crippen LogP contribution in [0.25, 0.3) is 0 Å². The largest absolute Gasteiger partial charge is 0.491 e. The minimum atomic E-state index is -0.228. The number of fused-ring (bicyclic) bond motifs is 2. The molecule has 9 heteroatoms. The van der Waals surface area contributed by atoms with E-state index in [0.29, 0.717) is 43.4 Å². The molecule has 0 saturated carbocycles. The first-order valence-electron chi connectivity index (χ1n) is 13.8. The fraction of sp³-hybridized carbons (Fsp3) is 0.419. The van der Waals surface area contributed by atoms with Gasteiger partial charge in [0, 0.05) is 30.1 Å². The predicted molar refractivity (Wildman–Crippen MR) is 151 cm³/mol. The van der Waals surface area contributed by atoms with Crippen molar-refractivity contribution in [3.63, 3.8) is 0 Å². The summed E-state index contributed by atoms with van der Waals surface area (Å²) in [7, 11) is 0. The molecule has 2 amide bonds. The van der Waals surface area contributed by atoms with Gasteiger partial charge in [-0.05, 0) is 79.9 Å². The molecule has 3 aromatic rings. The number of hydrogen-bond acceptors (Lipinski definition) is 7. The zero-order valence-corrected chi connectivity index (χ0v) is 23.7. The summed E-state index contributed by atoms with van der Waals surface area (Å²) in [5.41, 5.74) is 3.83. The van der Waals surface area contributed by atoms with Crippen LogP contribution in [0, 0.1) is 13.8 Å². The Kier molecular flexibility index (Phi) is 7.67. The van der Waals surface area contributed by atoms with Crippen molar-refractivity contribution >= 4 is 23.2 Å². The number of rotatable bonds is 8. The van der Waals surface area contributed by atoms with Gasteiger partial charge >= 0.3 is 0 Å². The molecule has 2 atom stereocenters. The van der Waals surface area contributed by atoms with Crippen molar-refractivity contribution in [2.24, 2.45) is 0 Å². The molecule has 0 aliphatic carbocycles. The molecule has 1 fully saturated rings. The Morgan fingerprint density at radius 3 is 2.80 bits per heavy atom. The Morgan fingerprint density at radius 1 is 1.10 bits per heavy atom. The molecule has 0 bridgehead atoms. The molecule has 4 heterocycles. The van der Waals surface area contributed by atoms with Crippen LogP contribution in [0.2, 0.25) is 0 Å². The van der Waals surface area contributed by atoms with E-state index in [4.69, 9.17) is 18.9 Å². The second-order valence-electron chi connectivity index (χ2n) is 10.6. The Hall–Kier alpha value is -3.56. The van der Waals surface area contributed by atoms with Crippen molar-refractivity contribution in [1.29, 1.82) is 0 Å². The van der Waals surface area contributed by atoms with Crippen molar-refractivity contribution in [1.82, 2.24) is 9.80 Å². The zero-order chi connectivity index (χ0) is 27.6. The van der Waals surface area contributed by atoms with Gasteiger partial charge in [-0.2, -0.15) is 0 Å². The van der Waals surface area contributed by atoms with Crippen molar-refractivity contribution < 1.29 is 28.5 Å². The fourth-order valence-electron chi connectivity index (χ4n) is 5.72. The number of carbonyl (C=O) groups excluding carboxylic acids is 2. The molecule has 40 heavy (non-hydrogen) atoms. The average molecular weight is 563 g/mol. The van der Waals surface area contributed by atoms with Crippen LogP contribution in [-0.4, -0.2) is 67.4 Å². The van der Waals surface area contributed by atoms with Crippen LogP contribution in [0.5, 0.6) is 17.2 Å². The third kappa shape index (κ3) is 5.53. The molecular weight excluding hydrogens is 528 g/mol. The van der Waals surface area contributed by atoms with Crippen LogP contribution < -0.4 is 14.2 Å². The van der Waals surface area contributed by atoms with Gasteiger partial charge in [-0.25, -0.2) is 0 Å². The lowest BCUT2D eigenvalue weighted by Crippen LogP contribution is -2.49. The minimum Gasteiger partial charge on any atom is -0.491 e. The molecule has 2 unspecified atom stereocenters. The molecule has 3 aliphatic rings. The average Bonchev–Trinajstić information content (AvgIpc) is 3.73. The lowest BCUT2D eigenvalue weighted by Gasteiger charge is -2.37. The highest BCUT2D eigenvalue weighted by Crippen LogP contribution is 2.35. The molecule has 1 aromatic heterocycles. The third-order valence-corrected chi connectivity index (χ3v) is 8.82. The number of aryl methyl sites for hydroxylation is 2. The number of benzene rings is 2. The number of nitrogens with zero attached hydrogens (tertiary/aromatic N) is 2. The fourth-order valence-corrected chi connectivity index (χ4v) is 6.65. The van der Waals surface area contributed by atoms with Crippen molar-refractivity contribution in [3.8, 4) is 17.2 Å². The third-order valence-electron chi connectivity index (χ3n) is 7.82. The number of ether oxygens (including phenoxy) is 4. The lowest BCUT2D eigenvalue weighted by atomic mass is 10.00. The Bertz CT molecular complexity index is 1400. The molecule has 0 spiro atoms. The molecule has 210 valence electrons. The maximum absolute atomic E-state index is 14.0. The molecule has 6 rings (SSSR count). The zero-order valence-electron chi connectivity index (χ0n) is 22.9. The SMILES string of the molecule is Cc1ccc(OCC2c3ccsc3CCN2C(=O)CN(CC2CCCO2)C(=O)c2ccc3c(c2)OCO3)c(C)c1. The van der Waals surface area contributed by atoms with E-state index in [-0.39, 0.29) is 37.3 Å². The van der Waals surface area contributed by atoms with Gasteiger partial charge in [0.1, 0.15) is 18.9 Å². The van der Waals surface area contributed by atoms with Crippen LogP contribution in [0.1, 0.15) is 50.8 Å². The van der Waals surface area contributed by atoms with Crippen molar-refractivity contribution in [2.45, 2.75) is 45.3 Å². The van der Waals surface area contributed by atoms with Gasteiger partial charge in [-0.1, -0.05) is 17.7 Å². The summed E-state index contributed by atoms with van der Waals surface area (Å²) in [5.74, 6) is 1.65. The Balaban J connectivity index is 1.22. The normalized spacial score (nSPS) is 19.4. The maximum atomic E-state index is 14.0. The molecule has 0 N–H and O–H groups in total. The Labute approximate surface area is 238 Å². The molecular formula is C31H34N2O6S. The molecule has 8 nitrogen and oxygen atoms in total. The molecule has 1 saturated heterocycles. The summed E-state index contributed by atoms with van der Waals surface area (Å²) in [6, 6.07) is 13.1. The summed E-state index contributed by atoms with van der Waals surface area (Å²) in [6.07, 6.45) is 2.53.